The number of carbonyl (C=O) groups excluding carboxylic acids is 1. The molecule has 17 heavy (non-hydrogen) atoms. The van der Waals surface area contributed by atoms with E-state index >= 15 is 0 Å². The van der Waals surface area contributed by atoms with Gasteiger partial charge in [-0.2, -0.15) is 0 Å². The zero-order chi connectivity index (χ0) is 12.4. The van der Waals surface area contributed by atoms with E-state index in [1.165, 1.54) is 0 Å². The van der Waals surface area contributed by atoms with Crippen LogP contribution in [-0.2, 0) is 11.3 Å². The van der Waals surface area contributed by atoms with Crippen LogP contribution < -0.4 is 5.73 Å². The van der Waals surface area contributed by atoms with Gasteiger partial charge in [0.1, 0.15) is 0 Å². The molecule has 1 amide bonds. The first-order valence-corrected chi connectivity index (χ1v) is 6.31. The number of nitrogens with two attached hydrogens (primary N) is 1. The van der Waals surface area contributed by atoms with E-state index in [-0.39, 0.29) is 11.9 Å². The molecule has 92 valence electrons. The van der Waals surface area contributed by atoms with Crippen LogP contribution in [0, 0.1) is 0 Å². The average molecular weight is 273 g/mol. The molecule has 1 aromatic rings. The second-order valence-corrected chi connectivity index (χ2v) is 5.05. The lowest BCUT2D eigenvalue weighted by Gasteiger charge is -2.22. The molecule has 0 spiro atoms. The third kappa shape index (κ3) is 2.73. The van der Waals surface area contributed by atoms with Crippen molar-refractivity contribution in [2.24, 2.45) is 5.73 Å². The number of hydrogen-bond acceptors (Lipinski definition) is 2. The van der Waals surface area contributed by atoms with Gasteiger partial charge in [-0.05, 0) is 31.5 Å². The molecule has 2 N–H and O–H groups in total. The molecule has 1 saturated heterocycles. The summed E-state index contributed by atoms with van der Waals surface area (Å²) < 4.78 is 0. The number of primary amides is 1. The van der Waals surface area contributed by atoms with E-state index in [0.29, 0.717) is 16.6 Å². The number of halogens is 2. The van der Waals surface area contributed by atoms with Crippen molar-refractivity contribution in [1.82, 2.24) is 4.90 Å². The highest BCUT2D eigenvalue weighted by Gasteiger charge is 2.29. The summed E-state index contributed by atoms with van der Waals surface area (Å²) in [5.41, 5.74) is 6.24. The Hall–Kier alpha value is -0.770. The molecule has 1 atom stereocenters. The van der Waals surface area contributed by atoms with Crippen LogP contribution in [0.1, 0.15) is 18.4 Å². The minimum atomic E-state index is -0.273. The Kier molecular flexibility index (Phi) is 3.92. The predicted molar refractivity (Wildman–Crippen MR) is 69.1 cm³/mol. The Labute approximate surface area is 110 Å². The molecule has 1 aromatic carbocycles. The number of benzene rings is 1. The summed E-state index contributed by atoms with van der Waals surface area (Å²) in [6, 6.07) is 5.22. The summed E-state index contributed by atoms with van der Waals surface area (Å²) in [4.78, 5) is 13.3. The number of rotatable bonds is 3. The number of carbonyl (C=O) groups is 1. The maximum atomic E-state index is 11.3. The molecule has 1 fully saturated rings. The van der Waals surface area contributed by atoms with E-state index in [1.807, 2.05) is 11.0 Å². The lowest BCUT2D eigenvalue weighted by Crippen LogP contribution is -2.39. The largest absolute Gasteiger partial charge is 0.368 e. The highest BCUT2D eigenvalue weighted by molar-refractivity contribution is 6.35. The van der Waals surface area contributed by atoms with Crippen molar-refractivity contribution in [3.8, 4) is 0 Å². The molecule has 0 saturated carbocycles. The molecule has 1 aliphatic rings. The smallest absolute Gasteiger partial charge is 0.234 e. The molecular weight excluding hydrogens is 259 g/mol. The van der Waals surface area contributed by atoms with Crippen LogP contribution in [0.5, 0.6) is 0 Å². The van der Waals surface area contributed by atoms with Gasteiger partial charge < -0.3 is 5.73 Å². The summed E-state index contributed by atoms with van der Waals surface area (Å²) in [6.45, 7) is 1.43. The van der Waals surface area contributed by atoms with Crippen molar-refractivity contribution in [3.05, 3.63) is 33.8 Å². The normalized spacial score (nSPS) is 20.7. The van der Waals surface area contributed by atoms with Crippen molar-refractivity contribution >= 4 is 29.1 Å². The Morgan fingerprint density at radius 2 is 2.06 bits per heavy atom. The Balaban J connectivity index is 2.18. The zero-order valence-electron chi connectivity index (χ0n) is 9.33. The molecule has 0 radical (unpaired) electrons. The lowest BCUT2D eigenvalue weighted by molar-refractivity contribution is -0.122. The Morgan fingerprint density at radius 1 is 1.41 bits per heavy atom. The molecule has 1 aliphatic heterocycles. The Bertz CT molecular complexity index is 416. The standard InChI is InChI=1S/C12H14Cl2N2O/c13-9-3-1-4-10(14)8(9)7-16-6-2-5-11(16)12(15)17/h1,3-4,11H,2,5-7H2,(H2,15,17). The quantitative estimate of drug-likeness (QED) is 0.919. The fourth-order valence-electron chi connectivity index (χ4n) is 2.22. The maximum absolute atomic E-state index is 11.3. The molecule has 5 heteroatoms. The molecular formula is C12H14Cl2N2O. The van der Waals surface area contributed by atoms with Crippen molar-refractivity contribution < 1.29 is 4.79 Å². The molecule has 2 rings (SSSR count). The van der Waals surface area contributed by atoms with E-state index in [4.69, 9.17) is 28.9 Å². The molecule has 1 unspecified atom stereocenters. The van der Waals surface area contributed by atoms with Gasteiger partial charge in [-0.3, -0.25) is 9.69 Å². The van der Waals surface area contributed by atoms with Crippen LogP contribution >= 0.6 is 23.2 Å². The Morgan fingerprint density at radius 3 is 2.65 bits per heavy atom. The van der Waals surface area contributed by atoms with Gasteiger partial charge in [-0.15, -0.1) is 0 Å². The van der Waals surface area contributed by atoms with Gasteiger partial charge in [0.05, 0.1) is 6.04 Å². The number of amides is 1. The van der Waals surface area contributed by atoms with Gasteiger partial charge in [0.15, 0.2) is 0 Å². The van der Waals surface area contributed by atoms with Crippen molar-refractivity contribution in [1.29, 1.82) is 0 Å². The van der Waals surface area contributed by atoms with E-state index in [0.717, 1.165) is 24.9 Å². The summed E-state index contributed by atoms with van der Waals surface area (Å²) in [5, 5.41) is 1.26. The minimum absolute atomic E-state index is 0.192. The topological polar surface area (TPSA) is 46.3 Å². The van der Waals surface area contributed by atoms with Gasteiger partial charge >= 0.3 is 0 Å². The average Bonchev–Trinajstić information content (AvgIpc) is 2.72. The molecule has 1 heterocycles. The van der Waals surface area contributed by atoms with Gasteiger partial charge in [0.25, 0.3) is 0 Å². The second-order valence-electron chi connectivity index (χ2n) is 4.23. The van der Waals surface area contributed by atoms with Gasteiger partial charge in [0.2, 0.25) is 5.91 Å². The lowest BCUT2D eigenvalue weighted by atomic mass is 10.1. The summed E-state index contributed by atoms with van der Waals surface area (Å²) in [5.74, 6) is -0.273. The fourth-order valence-corrected chi connectivity index (χ4v) is 2.74. The zero-order valence-corrected chi connectivity index (χ0v) is 10.8. The first-order chi connectivity index (χ1) is 8.09. The number of hydrogen-bond donors (Lipinski definition) is 1. The van der Waals surface area contributed by atoms with Crippen LogP contribution in [0.4, 0.5) is 0 Å². The summed E-state index contributed by atoms with van der Waals surface area (Å²) >= 11 is 12.2. The molecule has 0 aliphatic carbocycles. The van der Waals surface area contributed by atoms with Gasteiger partial charge in [0, 0.05) is 22.2 Å². The van der Waals surface area contributed by atoms with Crippen molar-refractivity contribution in [3.63, 3.8) is 0 Å². The SMILES string of the molecule is NC(=O)C1CCCN1Cc1c(Cl)cccc1Cl. The molecule has 3 nitrogen and oxygen atoms in total. The van der Waals surface area contributed by atoms with Crippen LogP contribution in [0.25, 0.3) is 0 Å². The number of likely N-dealkylation sites (tertiary alicyclic amines) is 1. The van der Waals surface area contributed by atoms with E-state index in [1.54, 1.807) is 12.1 Å². The predicted octanol–water partition coefficient (Wildman–Crippen LogP) is 2.44. The van der Waals surface area contributed by atoms with Gasteiger partial charge in [-0.25, -0.2) is 0 Å². The summed E-state index contributed by atoms with van der Waals surface area (Å²) in [6.07, 6.45) is 1.80. The summed E-state index contributed by atoms with van der Waals surface area (Å²) in [7, 11) is 0. The first kappa shape index (κ1) is 12.7. The highest BCUT2D eigenvalue weighted by atomic mass is 35.5. The third-order valence-corrected chi connectivity index (χ3v) is 3.82. The van der Waals surface area contributed by atoms with Crippen LogP contribution in [-0.4, -0.2) is 23.4 Å². The van der Waals surface area contributed by atoms with Crippen LogP contribution in [0.2, 0.25) is 10.0 Å². The van der Waals surface area contributed by atoms with E-state index in [2.05, 4.69) is 0 Å². The molecule has 0 aromatic heterocycles. The fraction of sp³-hybridized carbons (Fsp3) is 0.417. The molecule has 0 bridgehead atoms. The van der Waals surface area contributed by atoms with Crippen LogP contribution in [0.3, 0.4) is 0 Å². The van der Waals surface area contributed by atoms with Crippen molar-refractivity contribution in [2.75, 3.05) is 6.54 Å². The van der Waals surface area contributed by atoms with Gasteiger partial charge in [-0.1, -0.05) is 29.3 Å². The second kappa shape index (κ2) is 5.25. The first-order valence-electron chi connectivity index (χ1n) is 5.56. The monoisotopic (exact) mass is 272 g/mol. The van der Waals surface area contributed by atoms with E-state index in [9.17, 15) is 4.79 Å². The highest BCUT2D eigenvalue weighted by Crippen LogP contribution is 2.28. The van der Waals surface area contributed by atoms with Crippen LogP contribution in [0.15, 0.2) is 18.2 Å². The van der Waals surface area contributed by atoms with Crippen molar-refractivity contribution in [2.45, 2.75) is 25.4 Å². The maximum Gasteiger partial charge on any atom is 0.234 e. The van der Waals surface area contributed by atoms with E-state index < -0.39 is 0 Å². The minimum Gasteiger partial charge on any atom is -0.368 e. The number of nitrogens with zero attached hydrogens (tertiary/aromatic N) is 1. The third-order valence-electron chi connectivity index (χ3n) is 3.11.